The van der Waals surface area contributed by atoms with Gasteiger partial charge in [-0.3, -0.25) is 9.48 Å². The van der Waals surface area contributed by atoms with E-state index in [9.17, 15) is 4.79 Å². The maximum Gasteiger partial charge on any atom is 0.276 e. The molecule has 5 heteroatoms. The van der Waals surface area contributed by atoms with Crippen molar-refractivity contribution < 1.29 is 9.53 Å². The maximum absolute atomic E-state index is 13.5. The van der Waals surface area contributed by atoms with Crippen LogP contribution in [0.4, 0.5) is 5.69 Å². The van der Waals surface area contributed by atoms with Gasteiger partial charge in [-0.1, -0.05) is 42.5 Å². The minimum atomic E-state index is -0.00758. The number of anilines is 1. The Morgan fingerprint density at radius 2 is 1.86 bits per heavy atom. The van der Waals surface area contributed by atoms with Crippen LogP contribution in [0.5, 0.6) is 0 Å². The second-order valence-corrected chi connectivity index (χ2v) is 7.54. The molecule has 1 unspecified atom stereocenters. The molecule has 29 heavy (non-hydrogen) atoms. The molecule has 1 amide bonds. The Kier molecular flexibility index (Phi) is 5.76. The lowest BCUT2D eigenvalue weighted by Crippen LogP contribution is -2.37. The van der Waals surface area contributed by atoms with Gasteiger partial charge in [0.1, 0.15) is 5.69 Å². The number of aryl methyl sites for hydroxylation is 2. The summed E-state index contributed by atoms with van der Waals surface area (Å²) in [6.45, 7) is 6.73. The first-order chi connectivity index (χ1) is 14.2. The molecule has 1 fully saturated rings. The highest BCUT2D eigenvalue weighted by molar-refractivity contribution is 6.05. The zero-order valence-corrected chi connectivity index (χ0v) is 17.0. The minimum Gasteiger partial charge on any atom is -0.381 e. The van der Waals surface area contributed by atoms with E-state index < -0.39 is 0 Å². The molecule has 2 aromatic carbocycles. The first kappa shape index (κ1) is 19.4. The number of carbonyl (C=O) groups excluding carboxylic acids is 1. The summed E-state index contributed by atoms with van der Waals surface area (Å²) in [5.74, 6) is 0.346. The molecular formula is C24H27N3O2. The second-order valence-electron chi connectivity index (χ2n) is 7.54. The van der Waals surface area contributed by atoms with Gasteiger partial charge in [0, 0.05) is 31.3 Å². The Balaban J connectivity index is 1.65. The standard InChI is InChI=1S/C24H27N3O2/c1-3-27-23(15-18(2)25-27)24(28)26(16-19-13-14-29-17-19)22-11-9-21(10-12-22)20-7-5-4-6-8-20/h4-12,15,19H,3,13-14,16-17H2,1-2H3. The normalized spacial score (nSPS) is 16.1. The van der Waals surface area contributed by atoms with Gasteiger partial charge in [0.2, 0.25) is 0 Å². The molecule has 5 nitrogen and oxygen atoms in total. The third-order valence-corrected chi connectivity index (χ3v) is 5.42. The van der Waals surface area contributed by atoms with Gasteiger partial charge in [-0.05, 0) is 49.6 Å². The van der Waals surface area contributed by atoms with Gasteiger partial charge < -0.3 is 9.64 Å². The summed E-state index contributed by atoms with van der Waals surface area (Å²) in [5.41, 5.74) is 4.71. The van der Waals surface area contributed by atoms with Crippen LogP contribution in [-0.2, 0) is 11.3 Å². The lowest BCUT2D eigenvalue weighted by Gasteiger charge is -2.26. The number of ether oxygens (including phenoxy) is 1. The predicted octanol–water partition coefficient (Wildman–Crippen LogP) is 4.56. The summed E-state index contributed by atoms with van der Waals surface area (Å²) in [6, 6.07) is 20.4. The van der Waals surface area contributed by atoms with E-state index in [0.29, 0.717) is 31.3 Å². The molecule has 0 N–H and O–H groups in total. The Labute approximate surface area is 171 Å². The summed E-state index contributed by atoms with van der Waals surface area (Å²) < 4.78 is 7.34. The number of benzene rings is 2. The Hall–Kier alpha value is -2.92. The monoisotopic (exact) mass is 389 g/mol. The summed E-state index contributed by atoms with van der Waals surface area (Å²) >= 11 is 0. The number of nitrogens with zero attached hydrogens (tertiary/aromatic N) is 3. The molecular weight excluding hydrogens is 362 g/mol. The van der Waals surface area contributed by atoms with Crippen molar-refractivity contribution >= 4 is 11.6 Å². The van der Waals surface area contributed by atoms with Crippen molar-refractivity contribution in [2.24, 2.45) is 5.92 Å². The number of rotatable bonds is 6. The highest BCUT2D eigenvalue weighted by Crippen LogP contribution is 2.26. The Morgan fingerprint density at radius 3 is 2.52 bits per heavy atom. The van der Waals surface area contributed by atoms with Crippen LogP contribution in [0.25, 0.3) is 11.1 Å². The molecule has 0 spiro atoms. The van der Waals surface area contributed by atoms with Gasteiger partial charge in [-0.15, -0.1) is 0 Å². The quantitative estimate of drug-likeness (QED) is 0.621. The smallest absolute Gasteiger partial charge is 0.276 e. The van der Waals surface area contributed by atoms with Crippen LogP contribution in [0.1, 0.15) is 29.5 Å². The third-order valence-electron chi connectivity index (χ3n) is 5.42. The van der Waals surface area contributed by atoms with E-state index >= 15 is 0 Å². The van der Waals surface area contributed by atoms with Crippen molar-refractivity contribution in [2.75, 3.05) is 24.7 Å². The fraction of sp³-hybridized carbons (Fsp3) is 0.333. The first-order valence-electron chi connectivity index (χ1n) is 10.2. The van der Waals surface area contributed by atoms with E-state index in [1.807, 2.05) is 55.1 Å². The highest BCUT2D eigenvalue weighted by atomic mass is 16.5. The van der Waals surface area contributed by atoms with Crippen molar-refractivity contribution in [3.63, 3.8) is 0 Å². The molecule has 1 atom stereocenters. The second kappa shape index (κ2) is 8.62. The van der Waals surface area contributed by atoms with E-state index in [1.54, 1.807) is 4.68 Å². The van der Waals surface area contributed by atoms with Gasteiger partial charge in [-0.25, -0.2) is 0 Å². The first-order valence-corrected chi connectivity index (χ1v) is 10.2. The molecule has 1 aliphatic rings. The van der Waals surface area contributed by atoms with Gasteiger partial charge >= 0.3 is 0 Å². The van der Waals surface area contributed by atoms with E-state index in [0.717, 1.165) is 30.0 Å². The van der Waals surface area contributed by atoms with E-state index in [1.165, 1.54) is 5.56 Å². The molecule has 0 aliphatic carbocycles. The zero-order valence-electron chi connectivity index (χ0n) is 17.0. The van der Waals surface area contributed by atoms with Gasteiger partial charge in [-0.2, -0.15) is 5.10 Å². The largest absolute Gasteiger partial charge is 0.381 e. The fourth-order valence-electron chi connectivity index (χ4n) is 3.85. The molecule has 0 bridgehead atoms. The summed E-state index contributed by atoms with van der Waals surface area (Å²) in [6.07, 6.45) is 0.984. The van der Waals surface area contributed by atoms with Gasteiger partial charge in [0.05, 0.1) is 12.3 Å². The molecule has 0 radical (unpaired) electrons. The number of hydrogen-bond acceptors (Lipinski definition) is 3. The summed E-state index contributed by atoms with van der Waals surface area (Å²) in [7, 11) is 0. The number of aromatic nitrogens is 2. The minimum absolute atomic E-state index is 0.00758. The zero-order chi connectivity index (χ0) is 20.2. The third kappa shape index (κ3) is 4.25. The van der Waals surface area contributed by atoms with Crippen LogP contribution in [0.15, 0.2) is 60.7 Å². The Morgan fingerprint density at radius 1 is 1.14 bits per heavy atom. The fourth-order valence-corrected chi connectivity index (χ4v) is 3.85. The van der Waals surface area contributed by atoms with Crippen LogP contribution >= 0.6 is 0 Å². The molecule has 150 valence electrons. The van der Waals surface area contributed by atoms with Crippen molar-refractivity contribution in [2.45, 2.75) is 26.8 Å². The SMILES string of the molecule is CCn1nc(C)cc1C(=O)N(CC1CCOC1)c1ccc(-c2ccccc2)cc1. The van der Waals surface area contributed by atoms with Crippen molar-refractivity contribution in [1.29, 1.82) is 0 Å². The number of hydrogen-bond donors (Lipinski definition) is 0. The highest BCUT2D eigenvalue weighted by Gasteiger charge is 2.26. The van der Waals surface area contributed by atoms with Crippen molar-refractivity contribution in [1.82, 2.24) is 9.78 Å². The number of amides is 1. The van der Waals surface area contributed by atoms with Crippen molar-refractivity contribution in [3.05, 3.63) is 72.1 Å². The molecule has 1 saturated heterocycles. The van der Waals surface area contributed by atoms with Crippen LogP contribution < -0.4 is 4.90 Å². The topological polar surface area (TPSA) is 47.4 Å². The van der Waals surface area contributed by atoms with Crippen molar-refractivity contribution in [3.8, 4) is 11.1 Å². The summed E-state index contributed by atoms with van der Waals surface area (Å²) in [4.78, 5) is 15.4. The molecule has 0 saturated carbocycles. The Bertz CT molecular complexity index is 958. The van der Waals surface area contributed by atoms with Crippen LogP contribution in [-0.4, -0.2) is 35.4 Å². The lowest BCUT2D eigenvalue weighted by molar-refractivity contribution is 0.0971. The average molecular weight is 389 g/mol. The summed E-state index contributed by atoms with van der Waals surface area (Å²) in [5, 5.41) is 4.46. The van der Waals surface area contributed by atoms with E-state index in [-0.39, 0.29) is 5.91 Å². The van der Waals surface area contributed by atoms with Crippen LogP contribution in [0.3, 0.4) is 0 Å². The van der Waals surface area contributed by atoms with Crippen LogP contribution in [0, 0.1) is 12.8 Å². The molecule has 3 aromatic rings. The van der Waals surface area contributed by atoms with E-state index in [2.05, 4.69) is 29.4 Å². The lowest BCUT2D eigenvalue weighted by atomic mass is 10.0. The molecule has 1 aliphatic heterocycles. The van der Waals surface area contributed by atoms with Crippen LogP contribution in [0.2, 0.25) is 0 Å². The molecule has 4 rings (SSSR count). The molecule has 2 heterocycles. The maximum atomic E-state index is 13.5. The predicted molar refractivity (Wildman–Crippen MR) is 115 cm³/mol. The molecule has 1 aromatic heterocycles. The average Bonchev–Trinajstić information content (AvgIpc) is 3.41. The number of carbonyl (C=O) groups is 1. The van der Waals surface area contributed by atoms with Gasteiger partial charge in [0.15, 0.2) is 0 Å². The van der Waals surface area contributed by atoms with E-state index in [4.69, 9.17) is 4.74 Å². The van der Waals surface area contributed by atoms with Gasteiger partial charge in [0.25, 0.3) is 5.91 Å².